The molecule has 3 rings (SSSR count). The van der Waals surface area contributed by atoms with Crippen LogP contribution in [-0.2, 0) is 14.3 Å². The van der Waals surface area contributed by atoms with E-state index >= 15 is 0 Å². The molecule has 27 heavy (non-hydrogen) atoms. The number of β-lactam (4-membered cyclic amide) rings is 1. The van der Waals surface area contributed by atoms with E-state index in [1.54, 1.807) is 26.8 Å². The van der Waals surface area contributed by atoms with Gasteiger partial charge in [0.15, 0.2) is 0 Å². The number of carbonyl (C=O) groups excluding carboxylic acids is 3. The van der Waals surface area contributed by atoms with Crippen LogP contribution in [0.25, 0.3) is 0 Å². The minimum absolute atomic E-state index is 0.124. The molecular weight excluding hydrogens is 373 g/mol. The number of benzene rings is 1. The number of hydrogen-bond donors (Lipinski definition) is 1. The van der Waals surface area contributed by atoms with Gasteiger partial charge >= 0.3 is 6.09 Å². The lowest BCUT2D eigenvalue weighted by molar-refractivity contribution is -0.122. The molecule has 1 aromatic rings. The number of thioether (sulfide) groups is 1. The molecule has 0 aliphatic carbocycles. The third-order valence-corrected chi connectivity index (χ3v) is 5.39. The minimum atomic E-state index is -0.806. The summed E-state index contributed by atoms with van der Waals surface area (Å²) in [6, 6.07) is 2.04. The highest BCUT2D eigenvalue weighted by molar-refractivity contribution is 7.99. The first-order valence-corrected chi connectivity index (χ1v) is 9.59. The van der Waals surface area contributed by atoms with Crippen LogP contribution in [0.2, 0.25) is 0 Å². The summed E-state index contributed by atoms with van der Waals surface area (Å²) in [7, 11) is 1.53. The van der Waals surface area contributed by atoms with Gasteiger partial charge in [0, 0.05) is 36.7 Å². The van der Waals surface area contributed by atoms with Crippen LogP contribution >= 0.6 is 11.8 Å². The summed E-state index contributed by atoms with van der Waals surface area (Å²) in [5, 5.41) is 2.58. The summed E-state index contributed by atoms with van der Waals surface area (Å²) >= 11 is 1.32. The summed E-state index contributed by atoms with van der Waals surface area (Å²) in [5.41, 5.74) is -0.0496. The number of anilines is 2. The number of likely N-dealkylation sites (N-methyl/N-ethyl adjacent to an activating group) is 1. The van der Waals surface area contributed by atoms with Crippen LogP contribution in [0.5, 0.6) is 0 Å². The SMILES string of the molecule is CN1C(=O)[C@@H](NC(=O)OC(C)(C)C)CSc2cc(N3CCC3=O)c(F)cc21. The van der Waals surface area contributed by atoms with Gasteiger partial charge in [0.25, 0.3) is 0 Å². The van der Waals surface area contributed by atoms with E-state index in [1.807, 2.05) is 0 Å². The molecular formula is C18H22FN3O4S. The van der Waals surface area contributed by atoms with Gasteiger partial charge in [0.05, 0.1) is 11.4 Å². The second-order valence-electron chi connectivity index (χ2n) is 7.47. The standard InChI is InChI=1S/C18H22FN3O4S/c1-18(2,3)26-17(25)20-11-9-27-14-8-12(22-6-5-15(22)23)10(19)7-13(14)21(4)16(11)24/h7-8,11H,5-6,9H2,1-4H3,(H,20,25)/t11-/m0/s1. The zero-order valence-corrected chi connectivity index (χ0v) is 16.5. The molecule has 146 valence electrons. The molecule has 1 aromatic carbocycles. The number of hydrogen-bond acceptors (Lipinski definition) is 5. The van der Waals surface area contributed by atoms with Gasteiger partial charge < -0.3 is 19.9 Å². The summed E-state index contributed by atoms with van der Waals surface area (Å²) in [5.74, 6) is -0.768. The molecule has 3 amide bonds. The molecule has 2 aliphatic heterocycles. The van der Waals surface area contributed by atoms with E-state index in [0.29, 0.717) is 23.5 Å². The normalized spacial score (nSPS) is 20.0. The van der Waals surface area contributed by atoms with Crippen molar-refractivity contribution in [2.75, 3.05) is 29.1 Å². The molecule has 1 N–H and O–H groups in total. The average Bonchev–Trinajstić information content (AvgIpc) is 2.65. The number of nitrogens with zero attached hydrogens (tertiary/aromatic N) is 2. The highest BCUT2D eigenvalue weighted by Crippen LogP contribution is 2.39. The molecule has 2 aliphatic rings. The van der Waals surface area contributed by atoms with Gasteiger partial charge in [0.1, 0.15) is 17.5 Å². The first-order chi connectivity index (χ1) is 12.6. The van der Waals surface area contributed by atoms with Crippen molar-refractivity contribution in [2.45, 2.75) is 43.7 Å². The van der Waals surface area contributed by atoms with Crippen molar-refractivity contribution in [3.05, 3.63) is 17.9 Å². The lowest BCUT2D eigenvalue weighted by Gasteiger charge is -2.31. The fourth-order valence-electron chi connectivity index (χ4n) is 2.84. The molecule has 0 spiro atoms. The zero-order chi connectivity index (χ0) is 19.9. The number of carbonyl (C=O) groups is 3. The highest BCUT2D eigenvalue weighted by atomic mass is 32.2. The quantitative estimate of drug-likeness (QED) is 0.779. The van der Waals surface area contributed by atoms with Crippen LogP contribution in [0.3, 0.4) is 0 Å². The molecule has 9 heteroatoms. The van der Waals surface area contributed by atoms with E-state index in [1.165, 1.54) is 34.7 Å². The zero-order valence-electron chi connectivity index (χ0n) is 15.7. The number of ether oxygens (including phenoxy) is 1. The van der Waals surface area contributed by atoms with Gasteiger partial charge in [-0.15, -0.1) is 11.8 Å². The molecule has 0 radical (unpaired) electrons. The number of rotatable bonds is 2. The minimum Gasteiger partial charge on any atom is -0.444 e. The predicted octanol–water partition coefficient (Wildman–Crippen LogP) is 2.52. The summed E-state index contributed by atoms with van der Waals surface area (Å²) < 4.78 is 19.7. The van der Waals surface area contributed by atoms with Gasteiger partial charge in [-0.25, -0.2) is 9.18 Å². The average molecular weight is 395 g/mol. The Bertz CT molecular complexity index is 809. The second-order valence-corrected chi connectivity index (χ2v) is 8.54. The van der Waals surface area contributed by atoms with Crippen LogP contribution in [0, 0.1) is 5.82 Å². The van der Waals surface area contributed by atoms with Crippen LogP contribution in [0.1, 0.15) is 27.2 Å². The van der Waals surface area contributed by atoms with Gasteiger partial charge in [-0.05, 0) is 26.8 Å². The van der Waals surface area contributed by atoms with Gasteiger partial charge in [0.2, 0.25) is 11.8 Å². The summed E-state index contributed by atoms with van der Waals surface area (Å²) in [4.78, 5) is 39.8. The van der Waals surface area contributed by atoms with E-state index in [-0.39, 0.29) is 23.3 Å². The maximum Gasteiger partial charge on any atom is 0.408 e. The monoisotopic (exact) mass is 395 g/mol. The molecule has 0 unspecified atom stereocenters. The number of alkyl carbamates (subject to hydrolysis) is 1. The summed E-state index contributed by atoms with van der Waals surface area (Å²) in [6.45, 7) is 5.69. The van der Waals surface area contributed by atoms with E-state index in [0.717, 1.165) is 0 Å². The van der Waals surface area contributed by atoms with Gasteiger partial charge in [-0.2, -0.15) is 0 Å². The number of amides is 3. The third-order valence-electron chi connectivity index (χ3n) is 4.26. The van der Waals surface area contributed by atoms with Crippen LogP contribution in [-0.4, -0.2) is 48.9 Å². The largest absolute Gasteiger partial charge is 0.444 e. The smallest absolute Gasteiger partial charge is 0.408 e. The Labute approximate surface area is 161 Å². The number of halogens is 1. The van der Waals surface area contributed by atoms with Crippen molar-refractivity contribution in [3.63, 3.8) is 0 Å². The Morgan fingerprint density at radius 2 is 2.00 bits per heavy atom. The molecule has 0 bridgehead atoms. The van der Waals surface area contributed by atoms with Crippen molar-refractivity contribution in [2.24, 2.45) is 0 Å². The molecule has 0 saturated carbocycles. The van der Waals surface area contributed by atoms with Crippen molar-refractivity contribution in [1.29, 1.82) is 0 Å². The maximum absolute atomic E-state index is 14.5. The van der Waals surface area contributed by atoms with E-state index < -0.39 is 23.6 Å². The Morgan fingerprint density at radius 1 is 1.30 bits per heavy atom. The van der Waals surface area contributed by atoms with Crippen LogP contribution < -0.4 is 15.1 Å². The van der Waals surface area contributed by atoms with E-state index in [9.17, 15) is 18.8 Å². The Balaban J connectivity index is 1.82. The second kappa shape index (κ2) is 7.03. The Hall–Kier alpha value is -2.29. The fraction of sp³-hybridized carbons (Fsp3) is 0.500. The van der Waals surface area contributed by atoms with E-state index in [2.05, 4.69) is 5.32 Å². The molecule has 1 saturated heterocycles. The molecule has 1 fully saturated rings. The maximum atomic E-state index is 14.5. The molecule has 2 heterocycles. The van der Waals surface area contributed by atoms with E-state index in [4.69, 9.17) is 4.74 Å². The van der Waals surface area contributed by atoms with Crippen molar-refractivity contribution in [1.82, 2.24) is 5.32 Å². The Morgan fingerprint density at radius 3 is 2.56 bits per heavy atom. The van der Waals surface area contributed by atoms with Crippen LogP contribution in [0.15, 0.2) is 17.0 Å². The predicted molar refractivity (Wildman–Crippen MR) is 101 cm³/mol. The van der Waals surface area contributed by atoms with Gasteiger partial charge in [-0.3, -0.25) is 9.59 Å². The van der Waals surface area contributed by atoms with Crippen molar-refractivity contribution in [3.8, 4) is 0 Å². The highest BCUT2D eigenvalue weighted by Gasteiger charge is 2.34. The molecule has 7 nitrogen and oxygen atoms in total. The fourth-order valence-corrected chi connectivity index (χ4v) is 3.95. The van der Waals surface area contributed by atoms with Crippen LogP contribution in [0.4, 0.5) is 20.6 Å². The molecule has 0 aromatic heterocycles. The third kappa shape index (κ3) is 4.02. The lowest BCUT2D eigenvalue weighted by atomic mass is 10.1. The molecule has 1 atom stereocenters. The number of fused-ring (bicyclic) bond motifs is 1. The van der Waals surface area contributed by atoms with Crippen molar-refractivity contribution < 1.29 is 23.5 Å². The topological polar surface area (TPSA) is 79.0 Å². The lowest BCUT2D eigenvalue weighted by Crippen LogP contribution is -2.49. The number of nitrogens with one attached hydrogen (secondary N) is 1. The van der Waals surface area contributed by atoms with Crippen molar-refractivity contribution >= 4 is 41.0 Å². The first-order valence-electron chi connectivity index (χ1n) is 8.60. The van der Waals surface area contributed by atoms with Gasteiger partial charge in [-0.1, -0.05) is 0 Å². The summed E-state index contributed by atoms with van der Waals surface area (Å²) in [6.07, 6.45) is -0.275. The first kappa shape index (κ1) is 19.5. The Kier molecular flexibility index (Phi) is 5.07.